The van der Waals surface area contributed by atoms with E-state index in [4.69, 9.17) is 10.2 Å². The third kappa shape index (κ3) is 3.07. The van der Waals surface area contributed by atoms with E-state index >= 15 is 0 Å². The van der Waals surface area contributed by atoms with Crippen molar-refractivity contribution in [3.8, 4) is 5.75 Å². The van der Waals surface area contributed by atoms with Gasteiger partial charge in [-0.2, -0.15) is 0 Å². The number of carbonyl (C=O) groups is 2. The van der Waals surface area contributed by atoms with E-state index in [0.717, 1.165) is 16.7 Å². The molecule has 1 aliphatic rings. The number of carbonyl (C=O) groups excluding carboxylic acids is 1. The Labute approximate surface area is 152 Å². The van der Waals surface area contributed by atoms with E-state index < -0.39 is 52.3 Å². The molecule has 0 saturated carbocycles. The highest BCUT2D eigenvalue weighted by Crippen LogP contribution is 2.32. The molecule has 142 valence electrons. The minimum atomic E-state index is -1.58. The van der Waals surface area contributed by atoms with Crippen LogP contribution in [0.2, 0.25) is 0 Å². The van der Waals surface area contributed by atoms with Gasteiger partial charge >= 0.3 is 11.7 Å². The average Bonchev–Trinajstić information content (AvgIpc) is 2.60. The molecule has 0 bridgehead atoms. The normalized spacial score (nSPS) is 16.0. The predicted octanol–water partition coefficient (Wildman–Crippen LogP) is 0.0765. The van der Waals surface area contributed by atoms with Crippen LogP contribution >= 0.6 is 11.8 Å². The summed E-state index contributed by atoms with van der Waals surface area (Å²) in [4.78, 5) is 47.9. The lowest BCUT2D eigenvalue weighted by molar-refractivity contribution is -0.138. The van der Waals surface area contributed by atoms with Gasteiger partial charge in [-0.25, -0.2) is 13.6 Å². The third-order valence-corrected chi connectivity index (χ3v) is 5.12. The Balaban J connectivity index is 2.14. The van der Waals surface area contributed by atoms with Crippen LogP contribution in [0.1, 0.15) is 5.56 Å². The monoisotopic (exact) mass is 399 g/mol. The van der Waals surface area contributed by atoms with Crippen molar-refractivity contribution in [2.24, 2.45) is 7.05 Å². The van der Waals surface area contributed by atoms with Gasteiger partial charge in [0.25, 0.3) is 5.56 Å². The molecule has 2 aromatic rings. The van der Waals surface area contributed by atoms with Gasteiger partial charge < -0.3 is 15.5 Å². The number of phenolic OH excluding ortho intramolecular Hbond substituents is 1. The van der Waals surface area contributed by atoms with E-state index in [0.29, 0.717) is 16.3 Å². The van der Waals surface area contributed by atoms with E-state index in [-0.39, 0.29) is 16.3 Å². The molecule has 0 saturated heterocycles. The van der Waals surface area contributed by atoms with Crippen LogP contribution in [0.5, 0.6) is 5.75 Å². The second-order valence-corrected chi connectivity index (χ2v) is 6.76. The van der Waals surface area contributed by atoms with Crippen molar-refractivity contribution in [2.75, 3.05) is 5.32 Å². The van der Waals surface area contributed by atoms with Crippen molar-refractivity contribution < 1.29 is 28.6 Å². The van der Waals surface area contributed by atoms with Gasteiger partial charge in [0.05, 0.1) is 6.54 Å². The van der Waals surface area contributed by atoms with Crippen molar-refractivity contribution in [1.82, 2.24) is 9.13 Å². The number of hydrogen-bond donors (Lipinski definition) is 3. The number of rotatable bonds is 3. The second-order valence-electron chi connectivity index (χ2n) is 5.64. The maximum absolute atomic E-state index is 13.5. The number of nitrogens with one attached hydrogen (secondary N) is 1. The summed E-state index contributed by atoms with van der Waals surface area (Å²) in [5.41, 5.74) is -1.91. The number of benzene rings is 1. The molecule has 0 radical (unpaired) electrons. The van der Waals surface area contributed by atoms with Crippen molar-refractivity contribution >= 4 is 29.5 Å². The van der Waals surface area contributed by atoms with Gasteiger partial charge in [-0.3, -0.25) is 23.5 Å². The zero-order valence-electron chi connectivity index (χ0n) is 13.5. The van der Waals surface area contributed by atoms with E-state index in [2.05, 4.69) is 5.32 Å². The summed E-state index contributed by atoms with van der Waals surface area (Å²) in [5.74, 6) is -6.23. The molecule has 1 aliphatic heterocycles. The summed E-state index contributed by atoms with van der Waals surface area (Å²) in [7, 11) is 1.25. The molecule has 0 aliphatic carbocycles. The number of carboxylic acid groups (broad SMARTS) is 1. The molecule has 1 unspecified atom stereocenters. The zero-order chi connectivity index (χ0) is 20.0. The Morgan fingerprint density at radius 1 is 1.26 bits per heavy atom. The predicted molar refractivity (Wildman–Crippen MR) is 89.0 cm³/mol. The van der Waals surface area contributed by atoms with Gasteiger partial charge in [-0.1, -0.05) is 11.8 Å². The first-order valence-corrected chi connectivity index (χ1v) is 8.20. The molecule has 12 heteroatoms. The maximum Gasteiger partial charge on any atom is 0.332 e. The van der Waals surface area contributed by atoms with Crippen molar-refractivity contribution in [1.29, 1.82) is 0 Å². The summed E-state index contributed by atoms with van der Waals surface area (Å²) in [5, 5.41) is 18.8. The quantitative estimate of drug-likeness (QED) is 0.623. The van der Waals surface area contributed by atoms with Crippen LogP contribution < -0.4 is 16.6 Å². The van der Waals surface area contributed by atoms with E-state index in [9.17, 15) is 28.0 Å². The Morgan fingerprint density at radius 2 is 1.85 bits per heavy atom. The lowest BCUT2D eigenvalue weighted by atomic mass is 10.2. The number of carboxylic acids is 1. The van der Waals surface area contributed by atoms with Gasteiger partial charge in [-0.15, -0.1) is 0 Å². The number of phenols is 1. The van der Waals surface area contributed by atoms with Crippen molar-refractivity contribution in [3.05, 3.63) is 50.2 Å². The van der Waals surface area contributed by atoms with Gasteiger partial charge in [0.2, 0.25) is 5.91 Å². The summed E-state index contributed by atoms with van der Waals surface area (Å²) >= 11 is 0.463. The molecule has 2 heterocycles. The number of aliphatic carboxylic acids is 1. The SMILES string of the molecule is Cn1c2c(c(=O)n(Cc3cc(F)c(O)c(F)c3)c1=O)SC(C(=O)O)C(=O)N2. The van der Waals surface area contributed by atoms with Crippen molar-refractivity contribution in [2.45, 2.75) is 16.7 Å². The highest BCUT2D eigenvalue weighted by atomic mass is 32.2. The first-order chi connectivity index (χ1) is 12.6. The maximum atomic E-state index is 13.5. The fourth-order valence-electron chi connectivity index (χ4n) is 2.53. The smallest absolute Gasteiger partial charge is 0.332 e. The number of aromatic nitrogens is 2. The molecule has 1 aromatic heterocycles. The molecule has 0 spiro atoms. The Morgan fingerprint density at radius 3 is 2.41 bits per heavy atom. The van der Waals surface area contributed by atoms with Crippen LogP contribution in [0.4, 0.5) is 14.6 Å². The third-order valence-electron chi connectivity index (χ3n) is 3.86. The molecular formula is C15H11F2N3O6S. The number of fused-ring (bicyclic) bond motifs is 1. The number of anilines is 1. The lowest BCUT2D eigenvalue weighted by Gasteiger charge is -2.23. The summed E-state index contributed by atoms with van der Waals surface area (Å²) < 4.78 is 28.6. The second kappa shape index (κ2) is 6.54. The lowest BCUT2D eigenvalue weighted by Crippen LogP contribution is -2.46. The fraction of sp³-hybridized carbons (Fsp3) is 0.200. The molecule has 1 atom stereocenters. The van der Waals surface area contributed by atoms with Crippen LogP contribution in [0.25, 0.3) is 0 Å². The number of nitrogens with zero attached hydrogens (tertiary/aromatic N) is 2. The first-order valence-electron chi connectivity index (χ1n) is 7.32. The Bertz CT molecular complexity index is 1090. The topological polar surface area (TPSA) is 131 Å². The van der Waals surface area contributed by atoms with Gasteiger partial charge in [-0.05, 0) is 17.7 Å². The van der Waals surface area contributed by atoms with Gasteiger partial charge in [0, 0.05) is 7.05 Å². The molecule has 3 N–H and O–H groups in total. The number of thioether (sulfide) groups is 1. The molecule has 1 amide bonds. The summed E-state index contributed by atoms with van der Waals surface area (Å²) in [6.45, 7) is -0.529. The summed E-state index contributed by atoms with van der Waals surface area (Å²) in [6.07, 6.45) is 0. The van der Waals surface area contributed by atoms with E-state index in [1.807, 2.05) is 0 Å². The Kier molecular flexibility index (Phi) is 4.51. The number of amides is 1. The molecule has 3 rings (SSSR count). The zero-order valence-corrected chi connectivity index (χ0v) is 14.3. The van der Waals surface area contributed by atoms with E-state index in [1.165, 1.54) is 7.05 Å². The largest absolute Gasteiger partial charge is 0.503 e. The van der Waals surface area contributed by atoms with Crippen LogP contribution in [-0.2, 0) is 23.2 Å². The van der Waals surface area contributed by atoms with Crippen molar-refractivity contribution in [3.63, 3.8) is 0 Å². The van der Waals surface area contributed by atoms with Gasteiger partial charge in [0.1, 0.15) is 10.7 Å². The molecule has 9 nitrogen and oxygen atoms in total. The summed E-state index contributed by atoms with van der Waals surface area (Å²) in [6, 6.07) is 1.53. The molecular weight excluding hydrogens is 388 g/mol. The average molecular weight is 399 g/mol. The number of hydrogen-bond acceptors (Lipinski definition) is 6. The van der Waals surface area contributed by atoms with Crippen LogP contribution in [-0.4, -0.2) is 36.5 Å². The highest BCUT2D eigenvalue weighted by molar-refractivity contribution is 8.01. The molecule has 1 aromatic carbocycles. The van der Waals surface area contributed by atoms with E-state index in [1.54, 1.807) is 0 Å². The minimum Gasteiger partial charge on any atom is -0.503 e. The van der Waals surface area contributed by atoms with Gasteiger partial charge in [0.15, 0.2) is 22.6 Å². The fourth-order valence-corrected chi connectivity index (χ4v) is 3.55. The molecule has 0 fully saturated rings. The highest BCUT2D eigenvalue weighted by Gasteiger charge is 2.36. The first kappa shape index (κ1) is 18.6. The van der Waals surface area contributed by atoms with Crippen LogP contribution in [0.15, 0.2) is 26.6 Å². The minimum absolute atomic E-state index is 0.110. The van der Waals surface area contributed by atoms with Crippen LogP contribution in [0, 0.1) is 11.6 Å². The number of aromatic hydroxyl groups is 1. The Hall–Kier alpha value is -3.15. The van der Waals surface area contributed by atoms with Crippen LogP contribution in [0.3, 0.4) is 0 Å². The standard InChI is InChI=1S/C15H11F2N3O6S/c1-19-11-9(27-10(14(24)25)12(22)18-11)13(23)20(15(19)26)4-5-2-6(16)8(21)7(17)3-5/h2-3,10,21H,4H2,1H3,(H,18,22)(H,24,25). The molecule has 27 heavy (non-hydrogen) atoms. The number of halogens is 2.